The van der Waals surface area contributed by atoms with Crippen molar-refractivity contribution in [2.75, 3.05) is 49.5 Å². The average Bonchev–Trinajstić information content (AvgIpc) is 3.27. The van der Waals surface area contributed by atoms with Crippen molar-refractivity contribution in [1.29, 1.82) is 0 Å². The first-order chi connectivity index (χ1) is 17.9. The minimum atomic E-state index is -0.663. The molecule has 2 aromatic heterocycles. The lowest BCUT2D eigenvalue weighted by molar-refractivity contribution is 0.102. The van der Waals surface area contributed by atoms with Crippen molar-refractivity contribution in [2.45, 2.75) is 0 Å². The van der Waals surface area contributed by atoms with Gasteiger partial charge in [-0.05, 0) is 24.3 Å². The Kier molecular flexibility index (Phi) is 6.68. The Morgan fingerprint density at radius 3 is 2.81 bits per heavy atom. The van der Waals surface area contributed by atoms with Crippen LogP contribution in [-0.2, 0) is 7.05 Å². The predicted octanol–water partition coefficient (Wildman–Crippen LogP) is 1.36. The van der Waals surface area contributed by atoms with Gasteiger partial charge in [0.2, 0.25) is 0 Å². The number of halogens is 1. The van der Waals surface area contributed by atoms with Crippen LogP contribution in [0.3, 0.4) is 0 Å². The Hall–Kier alpha value is -4.52. The number of rotatable bonds is 7. The highest BCUT2D eigenvalue weighted by atomic mass is 19.1. The van der Waals surface area contributed by atoms with E-state index in [4.69, 9.17) is 10.5 Å². The fourth-order valence-electron chi connectivity index (χ4n) is 4.32. The van der Waals surface area contributed by atoms with Crippen molar-refractivity contribution in [3.05, 3.63) is 48.0 Å². The molecule has 0 bridgehead atoms. The molecule has 0 unspecified atom stereocenters. The summed E-state index contributed by atoms with van der Waals surface area (Å²) in [4.78, 5) is 35.3. The van der Waals surface area contributed by atoms with Gasteiger partial charge in [-0.25, -0.2) is 14.2 Å². The molecule has 1 aliphatic rings. The number of ether oxygens (including phenoxy) is 1. The van der Waals surface area contributed by atoms with E-state index in [1.807, 2.05) is 6.07 Å². The summed E-state index contributed by atoms with van der Waals surface area (Å²) >= 11 is 0. The number of piperazine rings is 1. The van der Waals surface area contributed by atoms with E-state index < -0.39 is 17.8 Å². The second kappa shape index (κ2) is 10.2. The second-order valence-electron chi connectivity index (χ2n) is 8.58. The molecule has 5 N–H and O–H groups in total. The van der Waals surface area contributed by atoms with Crippen molar-refractivity contribution in [1.82, 2.24) is 30.4 Å². The number of fused-ring (bicyclic) bond motifs is 2. The van der Waals surface area contributed by atoms with Gasteiger partial charge in [0.25, 0.3) is 5.91 Å². The third-order valence-corrected chi connectivity index (χ3v) is 5.97. The Morgan fingerprint density at radius 2 is 2.03 bits per heavy atom. The van der Waals surface area contributed by atoms with E-state index in [0.29, 0.717) is 22.0 Å². The molecule has 37 heavy (non-hydrogen) atoms. The quantitative estimate of drug-likeness (QED) is 0.274. The molecule has 12 nitrogen and oxygen atoms in total. The first-order valence-electron chi connectivity index (χ1n) is 11.7. The molecule has 192 valence electrons. The van der Waals surface area contributed by atoms with Gasteiger partial charge in [-0.15, -0.1) is 0 Å². The van der Waals surface area contributed by atoms with Gasteiger partial charge in [-0.2, -0.15) is 10.1 Å². The molecule has 1 aliphatic heterocycles. The van der Waals surface area contributed by atoms with Crippen LogP contribution in [0, 0.1) is 5.82 Å². The lowest BCUT2D eigenvalue weighted by Crippen LogP contribution is -2.43. The number of hydrogen-bond donors (Lipinski definition) is 4. The molecule has 13 heteroatoms. The average molecular weight is 508 g/mol. The molecular formula is C24H26FN9O3. The van der Waals surface area contributed by atoms with Gasteiger partial charge in [-0.3, -0.25) is 9.48 Å². The number of hydrogen-bond acceptors (Lipinski definition) is 8. The van der Waals surface area contributed by atoms with Gasteiger partial charge >= 0.3 is 12.0 Å². The minimum Gasteiger partial charge on any atom is -0.462 e. The summed E-state index contributed by atoms with van der Waals surface area (Å²) in [6.07, 6.45) is 3.30. The van der Waals surface area contributed by atoms with Gasteiger partial charge in [0.15, 0.2) is 5.82 Å². The highest BCUT2D eigenvalue weighted by Gasteiger charge is 2.20. The van der Waals surface area contributed by atoms with Crippen LogP contribution in [0.15, 0.2) is 36.7 Å². The summed E-state index contributed by atoms with van der Waals surface area (Å²) in [5, 5.41) is 13.9. The van der Waals surface area contributed by atoms with E-state index in [9.17, 15) is 14.0 Å². The number of nitrogens with one attached hydrogen (secondary N) is 3. The molecule has 0 radical (unpaired) electrons. The number of anilines is 2. The van der Waals surface area contributed by atoms with E-state index >= 15 is 0 Å². The summed E-state index contributed by atoms with van der Waals surface area (Å²) in [6, 6.07) is 5.85. The predicted molar refractivity (Wildman–Crippen MR) is 136 cm³/mol. The van der Waals surface area contributed by atoms with E-state index in [2.05, 4.69) is 35.9 Å². The number of nitrogens with zero attached hydrogens (tertiary/aromatic N) is 5. The van der Waals surface area contributed by atoms with Crippen LogP contribution in [0.5, 0.6) is 6.01 Å². The monoisotopic (exact) mass is 507 g/mol. The van der Waals surface area contributed by atoms with Crippen LogP contribution in [0.4, 0.5) is 20.6 Å². The zero-order valence-corrected chi connectivity index (χ0v) is 20.1. The number of aromatic nitrogens is 4. The maximum atomic E-state index is 14.6. The number of aryl methyl sites for hydroxylation is 1. The van der Waals surface area contributed by atoms with Gasteiger partial charge in [-0.1, -0.05) is 0 Å². The molecule has 0 atom stereocenters. The fourth-order valence-corrected chi connectivity index (χ4v) is 4.32. The number of nitrogens with two attached hydrogens (primary N) is 1. The standard InChI is InChI=1S/C24H26FN9O3/c1-33-13-14-10-15(11-18(25)20(14)32-33)30-22(35)16-2-3-19(34-7-4-27-5-8-34)17-12-29-24(31-21(16)17)37-9-6-28-23(26)36/h2-3,10-13,27H,4-9H2,1H3,(H,30,35)(H3,26,28,36). The zero-order valence-electron chi connectivity index (χ0n) is 20.1. The van der Waals surface area contributed by atoms with E-state index in [-0.39, 0.29) is 30.2 Å². The number of urea groups is 1. The van der Waals surface area contributed by atoms with E-state index in [0.717, 1.165) is 31.9 Å². The smallest absolute Gasteiger partial charge is 0.317 e. The third-order valence-electron chi connectivity index (χ3n) is 5.97. The Labute approximate surface area is 211 Å². The third kappa shape index (κ3) is 5.21. The van der Waals surface area contributed by atoms with Crippen molar-refractivity contribution in [3.63, 3.8) is 0 Å². The van der Waals surface area contributed by atoms with Gasteiger partial charge in [0.1, 0.15) is 12.1 Å². The van der Waals surface area contributed by atoms with Gasteiger partial charge in [0, 0.05) is 67.8 Å². The molecule has 3 heterocycles. The van der Waals surface area contributed by atoms with E-state index in [1.54, 1.807) is 31.6 Å². The summed E-state index contributed by atoms with van der Waals surface area (Å²) in [6.45, 7) is 3.53. The minimum absolute atomic E-state index is 0.0492. The SMILES string of the molecule is Cn1cc2cc(NC(=O)c3ccc(N4CCNCC4)c4cnc(OCCNC(N)=O)nc34)cc(F)c2n1. The number of carbonyl (C=O) groups excluding carboxylic acids is 2. The number of benzene rings is 2. The highest BCUT2D eigenvalue weighted by Crippen LogP contribution is 2.30. The Bertz CT molecular complexity index is 1480. The summed E-state index contributed by atoms with van der Waals surface area (Å²) in [7, 11) is 1.70. The Balaban J connectivity index is 1.48. The first-order valence-corrected chi connectivity index (χ1v) is 11.7. The van der Waals surface area contributed by atoms with Crippen LogP contribution in [-0.4, -0.2) is 71.0 Å². The fraction of sp³-hybridized carbons (Fsp3) is 0.292. The molecule has 1 saturated heterocycles. The van der Waals surface area contributed by atoms with Crippen LogP contribution < -0.4 is 31.3 Å². The number of carbonyl (C=O) groups is 2. The molecule has 0 spiro atoms. The Morgan fingerprint density at radius 1 is 1.22 bits per heavy atom. The molecule has 3 amide bonds. The molecular weight excluding hydrogens is 481 g/mol. The molecule has 4 aromatic rings. The van der Waals surface area contributed by atoms with Gasteiger partial charge < -0.3 is 31.3 Å². The van der Waals surface area contributed by atoms with Crippen molar-refractivity contribution >= 4 is 45.1 Å². The zero-order chi connectivity index (χ0) is 25.9. The molecule has 1 fully saturated rings. The van der Waals surface area contributed by atoms with E-state index in [1.165, 1.54) is 10.7 Å². The maximum absolute atomic E-state index is 14.6. The summed E-state index contributed by atoms with van der Waals surface area (Å²) in [5.74, 6) is -0.991. The molecule has 0 saturated carbocycles. The van der Waals surface area contributed by atoms with Gasteiger partial charge in [0.05, 0.1) is 17.6 Å². The van der Waals surface area contributed by atoms with Crippen molar-refractivity contribution in [3.8, 4) is 6.01 Å². The summed E-state index contributed by atoms with van der Waals surface area (Å²) < 4.78 is 21.6. The number of primary amides is 1. The number of amides is 3. The molecule has 5 rings (SSSR count). The maximum Gasteiger partial charge on any atom is 0.317 e. The van der Waals surface area contributed by atoms with Crippen LogP contribution in [0.2, 0.25) is 0 Å². The lowest BCUT2D eigenvalue weighted by Gasteiger charge is -2.30. The van der Waals surface area contributed by atoms with Crippen LogP contribution >= 0.6 is 0 Å². The van der Waals surface area contributed by atoms with Crippen LogP contribution in [0.1, 0.15) is 10.4 Å². The van der Waals surface area contributed by atoms with Crippen molar-refractivity contribution < 1.29 is 18.7 Å². The van der Waals surface area contributed by atoms with Crippen LogP contribution in [0.25, 0.3) is 21.8 Å². The highest BCUT2D eigenvalue weighted by molar-refractivity contribution is 6.14. The second-order valence-corrected chi connectivity index (χ2v) is 8.58. The lowest BCUT2D eigenvalue weighted by atomic mass is 10.1. The first kappa shape index (κ1) is 24.2. The normalized spacial score (nSPS) is 13.6. The largest absolute Gasteiger partial charge is 0.462 e. The summed E-state index contributed by atoms with van der Waals surface area (Å²) in [5.41, 5.74) is 7.17. The van der Waals surface area contributed by atoms with Crippen molar-refractivity contribution in [2.24, 2.45) is 12.8 Å². The topological polar surface area (TPSA) is 152 Å². The molecule has 0 aliphatic carbocycles. The molecule has 2 aromatic carbocycles.